The van der Waals surface area contributed by atoms with Crippen LogP contribution in [0.15, 0.2) is 6.20 Å². The van der Waals surface area contributed by atoms with Crippen LogP contribution >= 0.6 is 0 Å². The fourth-order valence-electron chi connectivity index (χ4n) is 2.76. The average molecular weight is 276 g/mol. The number of nitrogens with two attached hydrogens (primary N) is 1. The number of carbonyl (C=O) groups excluding carboxylic acids is 1. The summed E-state index contributed by atoms with van der Waals surface area (Å²) in [5.41, 5.74) is 6.01. The number of nitrogen functional groups attached to an aromatic ring is 1. The summed E-state index contributed by atoms with van der Waals surface area (Å²) in [6.07, 6.45) is 1.41. The molecule has 1 aromatic heterocycles. The van der Waals surface area contributed by atoms with Crippen LogP contribution in [-0.2, 0) is 16.1 Å². The van der Waals surface area contributed by atoms with Gasteiger partial charge in [0.15, 0.2) is 0 Å². The predicted molar refractivity (Wildman–Crippen MR) is 73.4 cm³/mol. The summed E-state index contributed by atoms with van der Waals surface area (Å²) in [6, 6.07) is 1.95. The van der Waals surface area contributed by atoms with Crippen LogP contribution in [0.5, 0.6) is 0 Å². The number of hydrogen-bond acceptors (Lipinski definition) is 5. The lowest BCUT2D eigenvalue weighted by Crippen LogP contribution is -2.17. The van der Waals surface area contributed by atoms with E-state index in [2.05, 4.69) is 32.8 Å². The third-order valence-corrected chi connectivity index (χ3v) is 4.80. The Bertz CT molecular complexity index is 566. The van der Waals surface area contributed by atoms with Crippen molar-refractivity contribution in [3.8, 4) is 6.07 Å². The van der Waals surface area contributed by atoms with E-state index >= 15 is 0 Å². The number of rotatable bonds is 4. The van der Waals surface area contributed by atoms with Gasteiger partial charge < -0.3 is 10.5 Å². The summed E-state index contributed by atoms with van der Waals surface area (Å²) in [6.45, 7) is 8.85. The number of ether oxygens (including phenoxy) is 1. The van der Waals surface area contributed by atoms with Crippen LogP contribution in [0.4, 0.5) is 5.82 Å². The average Bonchev–Trinajstić information content (AvgIpc) is 2.63. The monoisotopic (exact) mass is 276 g/mol. The maximum atomic E-state index is 12.0. The minimum absolute atomic E-state index is 0.0250. The van der Waals surface area contributed by atoms with Crippen LogP contribution in [0, 0.1) is 28.1 Å². The molecule has 6 heteroatoms. The van der Waals surface area contributed by atoms with E-state index < -0.39 is 0 Å². The molecular formula is C14H20N4O2. The van der Waals surface area contributed by atoms with Crippen molar-refractivity contribution < 1.29 is 9.53 Å². The highest BCUT2D eigenvalue weighted by Gasteiger charge is 2.69. The third-order valence-electron chi connectivity index (χ3n) is 4.80. The van der Waals surface area contributed by atoms with Gasteiger partial charge in [-0.3, -0.25) is 4.79 Å². The van der Waals surface area contributed by atoms with Gasteiger partial charge in [0, 0.05) is 0 Å². The molecule has 0 aromatic carbocycles. The maximum Gasteiger partial charge on any atom is 0.310 e. The zero-order valence-corrected chi connectivity index (χ0v) is 12.3. The first-order valence-corrected chi connectivity index (χ1v) is 6.61. The number of hydrogen-bond donors (Lipinski definition) is 1. The van der Waals surface area contributed by atoms with E-state index in [1.165, 1.54) is 10.9 Å². The number of aromatic nitrogens is 2. The Morgan fingerprint density at radius 1 is 1.50 bits per heavy atom. The number of nitriles is 1. The molecule has 0 saturated heterocycles. The Hall–Kier alpha value is -2.03. The Balaban J connectivity index is 1.87. The molecule has 0 unspecified atom stereocenters. The van der Waals surface area contributed by atoms with Crippen LogP contribution in [0.3, 0.4) is 0 Å². The lowest BCUT2D eigenvalue weighted by atomic mass is 10.0. The minimum atomic E-state index is -0.175. The highest BCUT2D eigenvalue weighted by molar-refractivity contribution is 5.78. The molecule has 1 saturated carbocycles. The third kappa shape index (κ3) is 2.03. The molecule has 0 amide bonds. The quantitative estimate of drug-likeness (QED) is 0.842. The fraction of sp³-hybridized carbons (Fsp3) is 0.643. The van der Waals surface area contributed by atoms with E-state index in [0.717, 1.165) is 0 Å². The van der Waals surface area contributed by atoms with Crippen molar-refractivity contribution in [3.05, 3.63) is 11.8 Å². The summed E-state index contributed by atoms with van der Waals surface area (Å²) in [7, 11) is 0. The lowest BCUT2D eigenvalue weighted by Gasteiger charge is -2.07. The van der Waals surface area contributed by atoms with E-state index in [4.69, 9.17) is 15.7 Å². The SMILES string of the molecule is CC1(C)C(C(=O)OCCn2ncc(C#N)c2N)C1(C)C. The number of nitrogens with zero attached hydrogens (tertiary/aromatic N) is 3. The summed E-state index contributed by atoms with van der Waals surface area (Å²) in [5, 5.41) is 12.8. The second-order valence-corrected chi connectivity index (χ2v) is 6.32. The molecule has 20 heavy (non-hydrogen) atoms. The van der Waals surface area contributed by atoms with Crippen LogP contribution in [0.2, 0.25) is 0 Å². The summed E-state index contributed by atoms with van der Waals surface area (Å²) < 4.78 is 6.77. The molecule has 1 aliphatic rings. The molecule has 108 valence electrons. The largest absolute Gasteiger partial charge is 0.463 e. The van der Waals surface area contributed by atoms with Gasteiger partial charge in [0.25, 0.3) is 0 Å². The van der Waals surface area contributed by atoms with Crippen LogP contribution in [0.1, 0.15) is 33.3 Å². The van der Waals surface area contributed by atoms with Crippen molar-refractivity contribution in [2.45, 2.75) is 34.2 Å². The van der Waals surface area contributed by atoms with Crippen molar-refractivity contribution in [2.24, 2.45) is 16.7 Å². The Kier molecular flexibility index (Phi) is 3.24. The molecule has 2 rings (SSSR count). The van der Waals surface area contributed by atoms with Gasteiger partial charge in [-0.15, -0.1) is 0 Å². The van der Waals surface area contributed by atoms with Crippen LogP contribution in [-0.4, -0.2) is 22.4 Å². The second-order valence-electron chi connectivity index (χ2n) is 6.32. The normalized spacial score (nSPS) is 19.4. The van der Waals surface area contributed by atoms with Crippen molar-refractivity contribution in [1.82, 2.24) is 9.78 Å². The van der Waals surface area contributed by atoms with E-state index in [-0.39, 0.29) is 29.3 Å². The van der Waals surface area contributed by atoms with Crippen molar-refractivity contribution in [1.29, 1.82) is 5.26 Å². The van der Waals surface area contributed by atoms with E-state index in [1.54, 1.807) is 0 Å². The number of anilines is 1. The summed E-state index contributed by atoms with van der Waals surface area (Å²) in [4.78, 5) is 12.0. The van der Waals surface area contributed by atoms with Gasteiger partial charge in [0.05, 0.1) is 18.7 Å². The molecule has 1 fully saturated rings. The van der Waals surface area contributed by atoms with Crippen molar-refractivity contribution >= 4 is 11.8 Å². The van der Waals surface area contributed by atoms with Crippen LogP contribution in [0.25, 0.3) is 0 Å². The zero-order valence-electron chi connectivity index (χ0n) is 12.3. The van der Waals surface area contributed by atoms with Gasteiger partial charge >= 0.3 is 5.97 Å². The Labute approximate surface area is 118 Å². The first-order valence-electron chi connectivity index (χ1n) is 6.61. The first-order chi connectivity index (χ1) is 9.23. The molecule has 2 N–H and O–H groups in total. The highest BCUT2D eigenvalue weighted by atomic mass is 16.5. The van der Waals surface area contributed by atoms with Gasteiger partial charge in [-0.25, -0.2) is 4.68 Å². The molecule has 0 atom stereocenters. The summed E-state index contributed by atoms with van der Waals surface area (Å²) in [5.74, 6) is 0.0569. The maximum absolute atomic E-state index is 12.0. The smallest absolute Gasteiger partial charge is 0.310 e. The van der Waals surface area contributed by atoms with Gasteiger partial charge in [-0.2, -0.15) is 10.4 Å². The molecular weight excluding hydrogens is 256 g/mol. The molecule has 0 aliphatic heterocycles. The predicted octanol–water partition coefficient (Wildman–Crippen LogP) is 1.56. The van der Waals surface area contributed by atoms with Gasteiger partial charge in [-0.1, -0.05) is 27.7 Å². The first kappa shape index (κ1) is 14.4. The van der Waals surface area contributed by atoms with Gasteiger partial charge in [-0.05, 0) is 10.8 Å². The standard InChI is InChI=1S/C14H20N4O2/c1-13(2)10(14(13,3)4)12(19)20-6-5-18-11(16)9(7-15)8-17-18/h8,10H,5-6,16H2,1-4H3. The summed E-state index contributed by atoms with van der Waals surface area (Å²) >= 11 is 0. The highest BCUT2D eigenvalue weighted by Crippen LogP contribution is 2.68. The van der Waals surface area contributed by atoms with Gasteiger partial charge in [0.1, 0.15) is 24.1 Å². The number of esters is 1. The molecule has 1 aromatic rings. The van der Waals surface area contributed by atoms with Gasteiger partial charge in [0.2, 0.25) is 0 Å². The van der Waals surface area contributed by atoms with Crippen molar-refractivity contribution in [2.75, 3.05) is 12.3 Å². The Morgan fingerprint density at radius 3 is 2.55 bits per heavy atom. The number of carbonyl (C=O) groups is 1. The lowest BCUT2D eigenvalue weighted by molar-refractivity contribution is -0.147. The Morgan fingerprint density at radius 2 is 2.10 bits per heavy atom. The molecule has 6 nitrogen and oxygen atoms in total. The van der Waals surface area contributed by atoms with E-state index in [1.807, 2.05) is 6.07 Å². The van der Waals surface area contributed by atoms with Crippen LogP contribution < -0.4 is 5.73 Å². The molecule has 1 heterocycles. The minimum Gasteiger partial charge on any atom is -0.463 e. The molecule has 0 radical (unpaired) electrons. The second kappa shape index (κ2) is 4.51. The van der Waals surface area contributed by atoms with E-state index in [0.29, 0.717) is 17.9 Å². The topological polar surface area (TPSA) is 93.9 Å². The molecule has 0 spiro atoms. The zero-order chi connectivity index (χ0) is 15.1. The molecule has 0 bridgehead atoms. The van der Waals surface area contributed by atoms with Crippen molar-refractivity contribution in [3.63, 3.8) is 0 Å². The molecule has 1 aliphatic carbocycles. The fourth-order valence-corrected chi connectivity index (χ4v) is 2.76. The van der Waals surface area contributed by atoms with E-state index in [9.17, 15) is 4.79 Å².